The first-order chi connectivity index (χ1) is 8.98. The van der Waals surface area contributed by atoms with Gasteiger partial charge in [0.2, 0.25) is 0 Å². The van der Waals surface area contributed by atoms with Crippen LogP contribution < -0.4 is 10.1 Å². The van der Waals surface area contributed by atoms with E-state index in [1.165, 1.54) is 4.88 Å². The summed E-state index contributed by atoms with van der Waals surface area (Å²) in [4.78, 5) is 5.73. The van der Waals surface area contributed by atoms with E-state index in [2.05, 4.69) is 31.1 Å². The van der Waals surface area contributed by atoms with E-state index in [0.717, 1.165) is 22.9 Å². The van der Waals surface area contributed by atoms with Gasteiger partial charge in [-0.1, -0.05) is 0 Å². The highest BCUT2D eigenvalue weighted by Gasteiger charge is 2.10. The molecule has 0 atom stereocenters. The molecule has 102 valence electrons. The normalized spacial score (nSPS) is 11.6. The van der Waals surface area contributed by atoms with Gasteiger partial charge in [-0.3, -0.25) is 0 Å². The van der Waals surface area contributed by atoms with Gasteiger partial charge < -0.3 is 10.1 Å². The topological polar surface area (TPSA) is 34.1 Å². The predicted molar refractivity (Wildman–Crippen MR) is 80.7 cm³/mol. The number of nitrogens with zero attached hydrogens (tertiary/aromatic N) is 1. The molecule has 2 rings (SSSR count). The maximum Gasteiger partial charge on any atom is 0.123 e. The van der Waals surface area contributed by atoms with Gasteiger partial charge in [0, 0.05) is 28.7 Å². The van der Waals surface area contributed by atoms with Gasteiger partial charge in [-0.25, -0.2) is 4.98 Å². The molecule has 0 saturated heterocycles. The lowest BCUT2D eigenvalue weighted by atomic mass is 10.1. The highest BCUT2D eigenvalue weighted by Crippen LogP contribution is 2.26. The van der Waals surface area contributed by atoms with Gasteiger partial charge in [0.05, 0.1) is 7.11 Å². The molecule has 0 amide bonds. The Kier molecular flexibility index (Phi) is 4.22. The largest absolute Gasteiger partial charge is 0.497 e. The molecule has 1 aromatic heterocycles. The van der Waals surface area contributed by atoms with E-state index in [1.807, 2.05) is 30.5 Å². The average molecular weight is 276 g/mol. The third kappa shape index (κ3) is 4.04. The highest BCUT2D eigenvalue weighted by atomic mass is 32.1. The van der Waals surface area contributed by atoms with Crippen molar-refractivity contribution in [2.24, 2.45) is 0 Å². The van der Waals surface area contributed by atoms with Crippen molar-refractivity contribution in [2.75, 3.05) is 7.11 Å². The Morgan fingerprint density at radius 1 is 1.21 bits per heavy atom. The minimum Gasteiger partial charge on any atom is -0.497 e. The van der Waals surface area contributed by atoms with Crippen molar-refractivity contribution in [3.63, 3.8) is 0 Å². The Labute approximate surface area is 118 Å². The number of ether oxygens (including phenoxy) is 1. The predicted octanol–water partition coefficient (Wildman–Crippen LogP) is 3.71. The summed E-state index contributed by atoms with van der Waals surface area (Å²) in [6, 6.07) is 8.00. The molecule has 1 heterocycles. The van der Waals surface area contributed by atoms with Crippen molar-refractivity contribution in [3.05, 3.63) is 35.3 Å². The fraction of sp³-hybridized carbons (Fsp3) is 0.400. The van der Waals surface area contributed by atoms with Crippen LogP contribution in [0, 0.1) is 0 Å². The van der Waals surface area contributed by atoms with Gasteiger partial charge in [0.25, 0.3) is 0 Å². The molecule has 1 N–H and O–H groups in total. The lowest BCUT2D eigenvalue weighted by Crippen LogP contribution is -2.34. The summed E-state index contributed by atoms with van der Waals surface area (Å²) in [7, 11) is 1.68. The molecular formula is C15H20N2OS. The van der Waals surface area contributed by atoms with E-state index >= 15 is 0 Å². The van der Waals surface area contributed by atoms with Crippen LogP contribution in [0.1, 0.15) is 25.6 Å². The van der Waals surface area contributed by atoms with Gasteiger partial charge in [-0.05, 0) is 45.0 Å². The van der Waals surface area contributed by atoms with Crippen molar-refractivity contribution in [1.82, 2.24) is 10.3 Å². The number of hydrogen-bond acceptors (Lipinski definition) is 4. The molecule has 0 aliphatic heterocycles. The van der Waals surface area contributed by atoms with E-state index in [9.17, 15) is 0 Å². The second kappa shape index (κ2) is 5.72. The number of aromatic nitrogens is 1. The van der Waals surface area contributed by atoms with Crippen molar-refractivity contribution >= 4 is 11.3 Å². The Bertz CT molecular complexity index is 526. The fourth-order valence-electron chi connectivity index (χ4n) is 1.61. The molecule has 19 heavy (non-hydrogen) atoms. The van der Waals surface area contributed by atoms with Crippen LogP contribution in [0.4, 0.5) is 0 Å². The van der Waals surface area contributed by atoms with E-state index in [-0.39, 0.29) is 5.54 Å². The molecule has 0 unspecified atom stereocenters. The summed E-state index contributed by atoms with van der Waals surface area (Å²) in [5.74, 6) is 0.870. The summed E-state index contributed by atoms with van der Waals surface area (Å²) in [6.07, 6.45) is 1.95. The van der Waals surface area contributed by atoms with Crippen molar-refractivity contribution in [2.45, 2.75) is 32.9 Å². The highest BCUT2D eigenvalue weighted by molar-refractivity contribution is 7.15. The number of hydrogen-bond donors (Lipinski definition) is 1. The minimum atomic E-state index is 0.129. The maximum atomic E-state index is 5.16. The molecule has 0 bridgehead atoms. The Morgan fingerprint density at radius 3 is 2.47 bits per heavy atom. The number of rotatable bonds is 4. The smallest absolute Gasteiger partial charge is 0.123 e. The molecule has 4 heteroatoms. The SMILES string of the molecule is COc1ccc(-c2ncc(CNC(C)(C)C)s2)cc1. The van der Waals surface area contributed by atoms with Gasteiger partial charge in [0.15, 0.2) is 0 Å². The molecule has 0 radical (unpaired) electrons. The molecule has 0 saturated carbocycles. The van der Waals surface area contributed by atoms with Crippen LogP contribution in [0.3, 0.4) is 0 Å². The molecule has 0 spiro atoms. The number of methoxy groups -OCH3 is 1. The van der Waals surface area contributed by atoms with Crippen LogP contribution in [0.2, 0.25) is 0 Å². The monoisotopic (exact) mass is 276 g/mol. The number of thiazole rings is 1. The quantitative estimate of drug-likeness (QED) is 0.924. The molecule has 1 aromatic carbocycles. The number of nitrogens with one attached hydrogen (secondary N) is 1. The summed E-state index contributed by atoms with van der Waals surface area (Å²) in [6.45, 7) is 7.35. The molecule has 0 aliphatic rings. The zero-order chi connectivity index (χ0) is 13.9. The molecule has 3 nitrogen and oxygen atoms in total. The minimum absolute atomic E-state index is 0.129. The van der Waals surface area contributed by atoms with Gasteiger partial charge >= 0.3 is 0 Å². The number of benzene rings is 1. The average Bonchev–Trinajstić information content (AvgIpc) is 2.84. The zero-order valence-corrected chi connectivity index (χ0v) is 12.7. The van der Waals surface area contributed by atoms with Gasteiger partial charge in [-0.2, -0.15) is 0 Å². The third-order valence-electron chi connectivity index (χ3n) is 2.68. The first kappa shape index (κ1) is 14.0. The Morgan fingerprint density at radius 2 is 1.89 bits per heavy atom. The van der Waals surface area contributed by atoms with Gasteiger partial charge in [-0.15, -0.1) is 11.3 Å². The Balaban J connectivity index is 2.07. The summed E-state index contributed by atoms with van der Waals surface area (Å²) < 4.78 is 5.16. The molecule has 2 aromatic rings. The van der Waals surface area contributed by atoms with Crippen LogP contribution in [0.15, 0.2) is 30.5 Å². The van der Waals surface area contributed by atoms with Crippen LogP contribution in [0.25, 0.3) is 10.6 Å². The maximum absolute atomic E-state index is 5.16. The fourth-order valence-corrected chi connectivity index (χ4v) is 2.47. The van der Waals surface area contributed by atoms with E-state index in [4.69, 9.17) is 4.74 Å². The summed E-state index contributed by atoms with van der Waals surface area (Å²) in [5.41, 5.74) is 1.26. The van der Waals surface area contributed by atoms with Crippen LogP contribution in [-0.2, 0) is 6.54 Å². The van der Waals surface area contributed by atoms with Crippen molar-refractivity contribution in [3.8, 4) is 16.3 Å². The second-order valence-corrected chi connectivity index (χ2v) is 6.58. The third-order valence-corrected chi connectivity index (χ3v) is 3.73. The van der Waals surface area contributed by atoms with E-state index < -0.39 is 0 Å². The summed E-state index contributed by atoms with van der Waals surface area (Å²) >= 11 is 1.73. The van der Waals surface area contributed by atoms with Crippen LogP contribution in [0.5, 0.6) is 5.75 Å². The standard InChI is InChI=1S/C15H20N2OS/c1-15(2,3)17-10-13-9-16-14(19-13)11-5-7-12(18-4)8-6-11/h5-9,17H,10H2,1-4H3. The van der Waals surface area contributed by atoms with Crippen LogP contribution in [-0.4, -0.2) is 17.6 Å². The van der Waals surface area contributed by atoms with Crippen molar-refractivity contribution in [1.29, 1.82) is 0 Å². The van der Waals surface area contributed by atoms with Crippen LogP contribution >= 0.6 is 11.3 Å². The van der Waals surface area contributed by atoms with Gasteiger partial charge in [0.1, 0.15) is 10.8 Å². The lowest BCUT2D eigenvalue weighted by Gasteiger charge is -2.19. The molecule has 0 fully saturated rings. The molecule has 0 aliphatic carbocycles. The first-order valence-corrected chi connectivity index (χ1v) is 7.14. The first-order valence-electron chi connectivity index (χ1n) is 6.32. The summed E-state index contributed by atoms with van der Waals surface area (Å²) in [5, 5.41) is 4.52. The lowest BCUT2D eigenvalue weighted by molar-refractivity contribution is 0.415. The second-order valence-electron chi connectivity index (χ2n) is 5.46. The molecular weight excluding hydrogens is 256 g/mol. The zero-order valence-electron chi connectivity index (χ0n) is 11.9. The Hall–Kier alpha value is -1.39. The van der Waals surface area contributed by atoms with Crippen molar-refractivity contribution < 1.29 is 4.74 Å². The van der Waals surface area contributed by atoms with E-state index in [1.54, 1.807) is 18.4 Å². The van der Waals surface area contributed by atoms with E-state index in [0.29, 0.717) is 0 Å².